The van der Waals surface area contributed by atoms with E-state index in [9.17, 15) is 0 Å². The molecule has 0 bridgehead atoms. The Balaban J connectivity index is 1.88. The lowest BCUT2D eigenvalue weighted by Gasteiger charge is -2.10. The van der Waals surface area contributed by atoms with Gasteiger partial charge >= 0.3 is 0 Å². The molecule has 3 heteroatoms. The Bertz CT molecular complexity index is 726. The average Bonchev–Trinajstić information content (AvgIpc) is 2.52. The van der Waals surface area contributed by atoms with Gasteiger partial charge in [-0.05, 0) is 36.4 Å². The molecule has 0 fully saturated rings. The number of benzene rings is 3. The molecule has 1 nitrogen and oxygen atoms in total. The van der Waals surface area contributed by atoms with E-state index >= 15 is 0 Å². The van der Waals surface area contributed by atoms with Gasteiger partial charge in [-0.1, -0.05) is 66.0 Å². The predicted molar refractivity (Wildman–Crippen MR) is 92.0 cm³/mol. The molecule has 0 saturated heterocycles. The summed E-state index contributed by atoms with van der Waals surface area (Å²) in [5.41, 5.74) is 6.86. The topological polar surface area (TPSA) is 26.0 Å². The molecule has 0 amide bonds. The standard InChI is InChI=1S/C18H15NS2/c19-15-10-4-5-11-16(15)21-18-13-7-6-12-17(18)20-14-8-2-1-3-9-14/h1-13H,19H2. The molecule has 0 aromatic heterocycles. The Kier molecular flexibility index (Phi) is 4.53. The fraction of sp³-hybridized carbons (Fsp3) is 0. The Morgan fingerprint density at radius 2 is 1.05 bits per heavy atom. The lowest BCUT2D eigenvalue weighted by Crippen LogP contribution is -1.87. The molecule has 0 unspecified atom stereocenters. The first-order valence-corrected chi connectivity index (χ1v) is 8.30. The Morgan fingerprint density at radius 3 is 1.71 bits per heavy atom. The number of hydrogen-bond acceptors (Lipinski definition) is 3. The highest BCUT2D eigenvalue weighted by molar-refractivity contribution is 8.02. The second kappa shape index (κ2) is 6.74. The molecule has 0 saturated carbocycles. The van der Waals surface area contributed by atoms with Crippen LogP contribution < -0.4 is 5.73 Å². The van der Waals surface area contributed by atoms with Crippen molar-refractivity contribution < 1.29 is 0 Å². The third-order valence-electron chi connectivity index (χ3n) is 2.96. The van der Waals surface area contributed by atoms with Crippen molar-refractivity contribution in [3.63, 3.8) is 0 Å². The lowest BCUT2D eigenvalue weighted by atomic mass is 10.3. The second-order valence-corrected chi connectivity index (χ2v) is 6.70. The molecular weight excluding hydrogens is 294 g/mol. The number of anilines is 1. The third-order valence-corrected chi connectivity index (χ3v) is 5.34. The minimum absolute atomic E-state index is 0.821. The molecule has 2 N–H and O–H groups in total. The van der Waals surface area contributed by atoms with Crippen molar-refractivity contribution in [2.45, 2.75) is 19.6 Å². The first-order valence-electron chi connectivity index (χ1n) is 6.67. The lowest BCUT2D eigenvalue weighted by molar-refractivity contribution is 1.23. The van der Waals surface area contributed by atoms with Gasteiger partial charge in [0.1, 0.15) is 0 Å². The quantitative estimate of drug-likeness (QED) is 0.638. The number of hydrogen-bond donors (Lipinski definition) is 1. The van der Waals surface area contributed by atoms with E-state index in [-0.39, 0.29) is 0 Å². The van der Waals surface area contributed by atoms with Crippen LogP contribution in [0.4, 0.5) is 5.69 Å². The van der Waals surface area contributed by atoms with Gasteiger partial charge in [0.25, 0.3) is 0 Å². The number of nitrogens with two attached hydrogens (primary N) is 1. The minimum Gasteiger partial charge on any atom is -0.398 e. The highest BCUT2D eigenvalue weighted by Gasteiger charge is 2.07. The maximum absolute atomic E-state index is 6.04. The van der Waals surface area contributed by atoms with Crippen LogP contribution in [0.2, 0.25) is 0 Å². The SMILES string of the molecule is Nc1ccccc1Sc1ccccc1Sc1ccccc1. The molecule has 0 aliphatic rings. The van der Waals surface area contributed by atoms with Crippen LogP contribution in [0.5, 0.6) is 0 Å². The largest absolute Gasteiger partial charge is 0.398 e. The predicted octanol–water partition coefficient (Wildman–Crippen LogP) is 5.57. The van der Waals surface area contributed by atoms with Gasteiger partial charge in [-0.25, -0.2) is 0 Å². The molecule has 0 aliphatic carbocycles. The zero-order chi connectivity index (χ0) is 14.5. The third kappa shape index (κ3) is 3.63. The van der Waals surface area contributed by atoms with Crippen LogP contribution in [0.25, 0.3) is 0 Å². The van der Waals surface area contributed by atoms with Crippen LogP contribution in [-0.4, -0.2) is 0 Å². The molecule has 0 spiro atoms. The normalized spacial score (nSPS) is 10.5. The average molecular weight is 309 g/mol. The molecule has 3 aromatic carbocycles. The summed E-state index contributed by atoms with van der Waals surface area (Å²) in [6.07, 6.45) is 0. The van der Waals surface area contributed by atoms with E-state index in [2.05, 4.69) is 54.6 Å². The summed E-state index contributed by atoms with van der Waals surface area (Å²) in [5.74, 6) is 0. The van der Waals surface area contributed by atoms with Crippen LogP contribution in [0, 0.1) is 0 Å². The van der Waals surface area contributed by atoms with Gasteiger partial charge in [0.05, 0.1) is 0 Å². The summed E-state index contributed by atoms with van der Waals surface area (Å²) >= 11 is 3.49. The van der Waals surface area contributed by atoms with Gasteiger partial charge in [-0.2, -0.15) is 0 Å². The molecule has 104 valence electrons. The van der Waals surface area contributed by atoms with Crippen LogP contribution >= 0.6 is 23.5 Å². The van der Waals surface area contributed by atoms with Crippen LogP contribution in [0.1, 0.15) is 0 Å². The summed E-state index contributed by atoms with van der Waals surface area (Å²) in [6.45, 7) is 0. The molecule has 0 radical (unpaired) electrons. The highest BCUT2D eigenvalue weighted by Crippen LogP contribution is 2.40. The first kappa shape index (κ1) is 14.1. The minimum atomic E-state index is 0.821. The summed E-state index contributed by atoms with van der Waals surface area (Å²) in [7, 11) is 0. The number of para-hydroxylation sites is 1. The van der Waals surface area contributed by atoms with Crippen molar-refractivity contribution in [2.75, 3.05) is 5.73 Å². The number of nitrogen functional groups attached to an aromatic ring is 1. The van der Waals surface area contributed by atoms with Gasteiger partial charge in [0.2, 0.25) is 0 Å². The van der Waals surface area contributed by atoms with Crippen LogP contribution in [0.15, 0.2) is 98.4 Å². The van der Waals surface area contributed by atoms with Crippen molar-refractivity contribution in [3.8, 4) is 0 Å². The number of rotatable bonds is 4. The van der Waals surface area contributed by atoms with Gasteiger partial charge < -0.3 is 5.73 Å². The van der Waals surface area contributed by atoms with Gasteiger partial charge in [0, 0.05) is 25.3 Å². The Morgan fingerprint density at radius 1 is 0.524 bits per heavy atom. The molecule has 3 aromatic rings. The van der Waals surface area contributed by atoms with Crippen LogP contribution in [0.3, 0.4) is 0 Å². The molecule has 0 aliphatic heterocycles. The smallest absolute Gasteiger partial charge is 0.0455 e. The van der Waals surface area contributed by atoms with Gasteiger partial charge in [-0.3, -0.25) is 0 Å². The molecule has 0 heterocycles. The monoisotopic (exact) mass is 309 g/mol. The second-order valence-electron chi connectivity index (χ2n) is 4.50. The van der Waals surface area contributed by atoms with E-state index in [4.69, 9.17) is 5.73 Å². The maximum atomic E-state index is 6.04. The van der Waals surface area contributed by atoms with E-state index in [0.29, 0.717) is 0 Å². The van der Waals surface area contributed by atoms with E-state index in [0.717, 1.165) is 10.6 Å². The fourth-order valence-corrected chi connectivity index (χ4v) is 3.92. The van der Waals surface area contributed by atoms with E-state index in [1.807, 2.05) is 24.3 Å². The fourth-order valence-electron chi connectivity index (χ4n) is 1.93. The van der Waals surface area contributed by atoms with Crippen LogP contribution in [-0.2, 0) is 0 Å². The van der Waals surface area contributed by atoms with E-state index in [1.165, 1.54) is 14.7 Å². The van der Waals surface area contributed by atoms with E-state index in [1.54, 1.807) is 23.5 Å². The molecule has 21 heavy (non-hydrogen) atoms. The summed E-state index contributed by atoms with van der Waals surface area (Å²) < 4.78 is 0. The van der Waals surface area contributed by atoms with Crippen molar-refractivity contribution >= 4 is 29.2 Å². The summed E-state index contributed by atoms with van der Waals surface area (Å²) in [6, 6.07) is 26.8. The first-order chi connectivity index (χ1) is 10.3. The molecule has 3 rings (SSSR count). The molecular formula is C18H15NS2. The van der Waals surface area contributed by atoms with Crippen molar-refractivity contribution in [3.05, 3.63) is 78.9 Å². The van der Waals surface area contributed by atoms with Crippen molar-refractivity contribution in [1.82, 2.24) is 0 Å². The van der Waals surface area contributed by atoms with Gasteiger partial charge in [0.15, 0.2) is 0 Å². The zero-order valence-corrected chi connectivity index (χ0v) is 13.0. The maximum Gasteiger partial charge on any atom is 0.0455 e. The summed E-state index contributed by atoms with van der Waals surface area (Å²) in [4.78, 5) is 4.81. The van der Waals surface area contributed by atoms with Crippen molar-refractivity contribution in [2.24, 2.45) is 0 Å². The zero-order valence-electron chi connectivity index (χ0n) is 11.4. The van der Waals surface area contributed by atoms with E-state index < -0.39 is 0 Å². The van der Waals surface area contributed by atoms with Gasteiger partial charge in [-0.15, -0.1) is 0 Å². The highest BCUT2D eigenvalue weighted by atomic mass is 32.2. The molecule has 0 atom stereocenters. The Hall–Kier alpha value is -1.84. The van der Waals surface area contributed by atoms with Crippen molar-refractivity contribution in [1.29, 1.82) is 0 Å². The Labute approximate surface area is 133 Å². The summed E-state index contributed by atoms with van der Waals surface area (Å²) in [5, 5.41) is 0.